The average molecular weight is 280 g/mol. The molecule has 0 amide bonds. The van der Waals surface area contributed by atoms with E-state index in [9.17, 15) is 13.2 Å². The molecule has 0 saturated carbocycles. The molecule has 1 heterocycles. The maximum Gasteiger partial charge on any atom is 0.226 e. The first kappa shape index (κ1) is 13.4. The number of hydrogen-bond donors (Lipinski definition) is 1. The predicted molar refractivity (Wildman–Crippen MR) is 68.8 cm³/mol. The lowest BCUT2D eigenvalue weighted by Gasteiger charge is -2.03. The lowest BCUT2D eigenvalue weighted by atomic mass is 10.3. The molecule has 0 bridgehead atoms. The van der Waals surface area contributed by atoms with E-state index in [1.54, 1.807) is 18.2 Å². The lowest BCUT2D eigenvalue weighted by molar-refractivity contribution is 0.415. The van der Waals surface area contributed by atoms with Crippen molar-refractivity contribution in [3.05, 3.63) is 58.6 Å². The lowest BCUT2D eigenvalue weighted by Crippen LogP contribution is -2.10. The van der Waals surface area contributed by atoms with Crippen molar-refractivity contribution >= 4 is 9.84 Å². The van der Waals surface area contributed by atoms with Crippen LogP contribution in [-0.2, 0) is 16.3 Å². The van der Waals surface area contributed by atoms with E-state index >= 15 is 0 Å². The van der Waals surface area contributed by atoms with Gasteiger partial charge in [-0.25, -0.2) is 8.42 Å². The molecular formula is C13H12O5S. The molecule has 19 heavy (non-hydrogen) atoms. The Morgan fingerprint density at radius 2 is 1.84 bits per heavy atom. The van der Waals surface area contributed by atoms with Crippen molar-refractivity contribution < 1.29 is 17.9 Å². The average Bonchev–Trinajstić information content (AvgIpc) is 2.41. The highest BCUT2D eigenvalue weighted by atomic mass is 32.2. The highest BCUT2D eigenvalue weighted by molar-refractivity contribution is 7.91. The first-order valence-electron chi connectivity index (χ1n) is 5.57. The van der Waals surface area contributed by atoms with E-state index in [1.165, 1.54) is 12.1 Å². The second-order valence-corrected chi connectivity index (χ2v) is 6.09. The molecule has 0 aliphatic rings. The quantitative estimate of drug-likeness (QED) is 0.914. The van der Waals surface area contributed by atoms with E-state index in [2.05, 4.69) is 0 Å². The van der Waals surface area contributed by atoms with Crippen LogP contribution in [0, 0.1) is 0 Å². The van der Waals surface area contributed by atoms with Crippen molar-refractivity contribution in [2.45, 2.75) is 11.3 Å². The smallest absolute Gasteiger partial charge is 0.226 e. The molecule has 6 heteroatoms. The molecule has 0 unspecified atom stereocenters. The molecule has 1 N–H and O–H groups in total. The molecule has 0 aliphatic heterocycles. The minimum atomic E-state index is -3.41. The van der Waals surface area contributed by atoms with Gasteiger partial charge in [-0.15, -0.1) is 0 Å². The SMILES string of the molecule is O=c1cc(CCS(=O)(=O)c2ccccc2)occ1O. The van der Waals surface area contributed by atoms with Crippen LogP contribution in [0.3, 0.4) is 0 Å². The Morgan fingerprint density at radius 3 is 2.47 bits per heavy atom. The zero-order chi connectivity index (χ0) is 13.9. The first-order valence-corrected chi connectivity index (χ1v) is 7.23. The van der Waals surface area contributed by atoms with Crippen LogP contribution < -0.4 is 5.43 Å². The Kier molecular flexibility index (Phi) is 3.71. The van der Waals surface area contributed by atoms with Gasteiger partial charge in [0, 0.05) is 12.5 Å². The van der Waals surface area contributed by atoms with Crippen molar-refractivity contribution in [2.75, 3.05) is 5.75 Å². The number of hydrogen-bond acceptors (Lipinski definition) is 5. The van der Waals surface area contributed by atoms with Gasteiger partial charge in [0.05, 0.1) is 10.6 Å². The summed E-state index contributed by atoms with van der Waals surface area (Å²) in [5, 5.41) is 9.03. The Balaban J connectivity index is 2.14. The molecule has 0 radical (unpaired) electrons. The summed E-state index contributed by atoms with van der Waals surface area (Å²) < 4.78 is 28.9. The summed E-state index contributed by atoms with van der Waals surface area (Å²) in [6.45, 7) is 0. The Labute approximate surface area is 110 Å². The van der Waals surface area contributed by atoms with Crippen LogP contribution in [0.15, 0.2) is 56.8 Å². The van der Waals surface area contributed by atoms with E-state index in [0.717, 1.165) is 12.3 Å². The number of aromatic hydroxyl groups is 1. The molecule has 0 spiro atoms. The van der Waals surface area contributed by atoms with Gasteiger partial charge in [0.2, 0.25) is 5.43 Å². The molecule has 100 valence electrons. The third-order valence-electron chi connectivity index (χ3n) is 2.59. The molecule has 0 fully saturated rings. The monoisotopic (exact) mass is 280 g/mol. The largest absolute Gasteiger partial charge is 0.502 e. The first-order chi connectivity index (χ1) is 8.99. The van der Waals surface area contributed by atoms with E-state index in [4.69, 9.17) is 9.52 Å². The molecule has 0 aliphatic carbocycles. The molecule has 0 atom stereocenters. The van der Waals surface area contributed by atoms with Gasteiger partial charge in [-0.1, -0.05) is 18.2 Å². The van der Waals surface area contributed by atoms with Crippen LogP contribution in [0.2, 0.25) is 0 Å². The van der Waals surface area contributed by atoms with E-state index in [0.29, 0.717) is 0 Å². The molecule has 5 nitrogen and oxygen atoms in total. The van der Waals surface area contributed by atoms with Crippen LogP contribution >= 0.6 is 0 Å². The summed E-state index contributed by atoms with van der Waals surface area (Å²) in [6.07, 6.45) is 0.986. The van der Waals surface area contributed by atoms with Gasteiger partial charge in [0.25, 0.3) is 0 Å². The van der Waals surface area contributed by atoms with E-state index in [1.807, 2.05) is 0 Å². The zero-order valence-corrected chi connectivity index (χ0v) is 10.8. The fourth-order valence-corrected chi connectivity index (χ4v) is 2.83. The molecule has 0 saturated heterocycles. The second kappa shape index (κ2) is 5.27. The normalized spacial score (nSPS) is 11.4. The maximum absolute atomic E-state index is 12.0. The molecule has 2 aromatic rings. The van der Waals surface area contributed by atoms with E-state index < -0.39 is 21.0 Å². The number of rotatable bonds is 4. The summed E-state index contributed by atoms with van der Waals surface area (Å²) >= 11 is 0. The Hall–Kier alpha value is -2.08. The van der Waals surface area contributed by atoms with Crippen molar-refractivity contribution in [1.82, 2.24) is 0 Å². The topological polar surface area (TPSA) is 84.6 Å². The summed E-state index contributed by atoms with van der Waals surface area (Å²) in [6, 6.07) is 9.15. The van der Waals surface area contributed by atoms with Gasteiger partial charge in [-0.2, -0.15) is 0 Å². The summed E-state index contributed by atoms with van der Waals surface area (Å²) in [4.78, 5) is 11.4. The maximum atomic E-state index is 12.0. The highest BCUT2D eigenvalue weighted by Gasteiger charge is 2.15. The number of sulfone groups is 1. The van der Waals surface area contributed by atoms with Gasteiger partial charge in [0.15, 0.2) is 15.6 Å². The van der Waals surface area contributed by atoms with Crippen molar-refractivity contribution in [3.8, 4) is 5.75 Å². The summed E-state index contributed by atoms with van der Waals surface area (Å²) in [5.41, 5.74) is -0.585. The summed E-state index contributed by atoms with van der Waals surface area (Å²) in [5.74, 6) is -0.429. The van der Waals surface area contributed by atoms with Crippen molar-refractivity contribution in [1.29, 1.82) is 0 Å². The minimum Gasteiger partial charge on any atom is -0.502 e. The standard InChI is InChI=1S/C13H12O5S/c14-12-8-10(18-9-13(12)15)6-7-19(16,17)11-4-2-1-3-5-11/h1-5,8-9,15H,6-7H2. The third-order valence-corrected chi connectivity index (χ3v) is 4.32. The summed E-state index contributed by atoms with van der Waals surface area (Å²) in [7, 11) is -3.41. The van der Waals surface area contributed by atoms with Crippen LogP contribution in [0.25, 0.3) is 0 Å². The van der Waals surface area contributed by atoms with Crippen LogP contribution in [-0.4, -0.2) is 19.3 Å². The Morgan fingerprint density at radius 1 is 1.16 bits per heavy atom. The van der Waals surface area contributed by atoms with Gasteiger partial charge in [-0.05, 0) is 12.1 Å². The van der Waals surface area contributed by atoms with Crippen LogP contribution in [0.5, 0.6) is 5.75 Å². The molecular weight excluding hydrogens is 268 g/mol. The molecule has 1 aromatic carbocycles. The predicted octanol–water partition coefficient (Wildman–Crippen LogP) is 1.36. The van der Waals surface area contributed by atoms with Crippen LogP contribution in [0.4, 0.5) is 0 Å². The van der Waals surface area contributed by atoms with Gasteiger partial charge < -0.3 is 9.52 Å². The molecule has 1 aromatic heterocycles. The fraction of sp³-hybridized carbons (Fsp3) is 0.154. The Bertz CT molecular complexity index is 716. The highest BCUT2D eigenvalue weighted by Crippen LogP contribution is 2.12. The molecule has 2 rings (SSSR count). The second-order valence-electron chi connectivity index (χ2n) is 3.98. The van der Waals surface area contributed by atoms with Crippen molar-refractivity contribution in [2.24, 2.45) is 0 Å². The van der Waals surface area contributed by atoms with Crippen LogP contribution in [0.1, 0.15) is 5.76 Å². The minimum absolute atomic E-state index is 0.0761. The fourth-order valence-electron chi connectivity index (χ4n) is 1.56. The number of aryl methyl sites for hydroxylation is 1. The van der Waals surface area contributed by atoms with Gasteiger partial charge in [0.1, 0.15) is 12.0 Å². The van der Waals surface area contributed by atoms with Crippen molar-refractivity contribution in [3.63, 3.8) is 0 Å². The number of benzene rings is 1. The van der Waals surface area contributed by atoms with Gasteiger partial charge in [-0.3, -0.25) is 4.79 Å². The zero-order valence-electron chi connectivity index (χ0n) is 9.94. The van der Waals surface area contributed by atoms with Gasteiger partial charge >= 0.3 is 0 Å². The van der Waals surface area contributed by atoms with E-state index in [-0.39, 0.29) is 22.8 Å². The third kappa shape index (κ3) is 3.23.